The van der Waals surface area contributed by atoms with Crippen molar-refractivity contribution in [3.8, 4) is 5.75 Å². The summed E-state index contributed by atoms with van der Waals surface area (Å²) in [5, 5.41) is 0.986. The molecule has 3 nitrogen and oxygen atoms in total. The molecule has 0 saturated carbocycles. The highest BCUT2D eigenvalue weighted by Gasteiger charge is 2.42. The van der Waals surface area contributed by atoms with Gasteiger partial charge in [-0.15, -0.1) is 0 Å². The van der Waals surface area contributed by atoms with E-state index in [0.717, 1.165) is 22.2 Å². The second-order valence-electron chi connectivity index (χ2n) is 5.19. The first kappa shape index (κ1) is 10.4. The number of nitrogens with one attached hydrogen (secondary N) is 1. The molecule has 1 N–H and O–H groups in total. The Morgan fingerprint density at radius 2 is 2.00 bits per heavy atom. The molecule has 1 aromatic heterocycles. The van der Waals surface area contributed by atoms with Crippen molar-refractivity contribution in [2.45, 2.75) is 32.3 Å². The van der Waals surface area contributed by atoms with Crippen LogP contribution in [0.5, 0.6) is 5.75 Å². The van der Waals surface area contributed by atoms with Crippen LogP contribution in [0, 0.1) is 0 Å². The molecule has 88 valence electrons. The SMILES string of the molecule is CC1Oc2c(c(=O)[nH]c3ccccc23)C1(C)C. The molecule has 0 aliphatic carbocycles. The van der Waals surface area contributed by atoms with Gasteiger partial charge in [0.15, 0.2) is 0 Å². The minimum Gasteiger partial charge on any atom is -0.489 e. The van der Waals surface area contributed by atoms with Crippen molar-refractivity contribution in [1.82, 2.24) is 4.98 Å². The van der Waals surface area contributed by atoms with Gasteiger partial charge in [-0.2, -0.15) is 0 Å². The highest BCUT2D eigenvalue weighted by molar-refractivity contribution is 5.87. The minimum absolute atomic E-state index is 0.0180. The van der Waals surface area contributed by atoms with Crippen molar-refractivity contribution >= 4 is 10.9 Å². The highest BCUT2D eigenvalue weighted by atomic mass is 16.5. The molecule has 0 spiro atoms. The molecule has 17 heavy (non-hydrogen) atoms. The van der Waals surface area contributed by atoms with Crippen LogP contribution in [0.15, 0.2) is 29.1 Å². The van der Waals surface area contributed by atoms with E-state index in [1.54, 1.807) is 0 Å². The first-order chi connectivity index (χ1) is 8.01. The van der Waals surface area contributed by atoms with E-state index in [4.69, 9.17) is 4.74 Å². The Morgan fingerprint density at radius 1 is 1.29 bits per heavy atom. The Hall–Kier alpha value is -1.77. The zero-order chi connectivity index (χ0) is 12.2. The molecule has 0 saturated heterocycles. The van der Waals surface area contributed by atoms with Crippen molar-refractivity contribution in [3.05, 3.63) is 40.2 Å². The van der Waals surface area contributed by atoms with Crippen LogP contribution in [0.1, 0.15) is 26.3 Å². The van der Waals surface area contributed by atoms with Crippen LogP contribution in [0.25, 0.3) is 10.9 Å². The summed E-state index contributed by atoms with van der Waals surface area (Å²) in [6.45, 7) is 6.11. The zero-order valence-electron chi connectivity index (χ0n) is 10.2. The largest absolute Gasteiger partial charge is 0.489 e. The molecule has 0 radical (unpaired) electrons. The van der Waals surface area contributed by atoms with Crippen LogP contribution >= 0.6 is 0 Å². The second kappa shape index (κ2) is 3.13. The van der Waals surface area contributed by atoms with Gasteiger partial charge in [0.25, 0.3) is 5.56 Å². The molecule has 1 atom stereocenters. The van der Waals surface area contributed by atoms with Crippen LogP contribution in [-0.2, 0) is 5.41 Å². The normalized spacial score (nSPS) is 21.2. The van der Waals surface area contributed by atoms with Gasteiger partial charge in [0, 0.05) is 10.8 Å². The van der Waals surface area contributed by atoms with Crippen LogP contribution < -0.4 is 10.3 Å². The molecule has 1 aliphatic heterocycles. The van der Waals surface area contributed by atoms with Gasteiger partial charge in [-0.3, -0.25) is 4.79 Å². The van der Waals surface area contributed by atoms with Crippen LogP contribution in [0.4, 0.5) is 0 Å². The Labute approximate surface area is 99.4 Å². The van der Waals surface area contributed by atoms with Crippen LogP contribution in [-0.4, -0.2) is 11.1 Å². The summed E-state index contributed by atoms with van der Waals surface area (Å²) in [6, 6.07) is 7.75. The Balaban J connectivity index is 2.47. The molecule has 0 fully saturated rings. The first-order valence-corrected chi connectivity index (χ1v) is 5.84. The molecule has 2 aromatic rings. The lowest BCUT2D eigenvalue weighted by Gasteiger charge is -2.21. The summed E-state index contributed by atoms with van der Waals surface area (Å²) in [6.07, 6.45) is 0.0180. The third-order valence-electron chi connectivity index (χ3n) is 3.83. The maximum absolute atomic E-state index is 12.2. The number of benzene rings is 1. The Bertz CT molecular complexity index is 655. The third kappa shape index (κ3) is 1.25. The van der Waals surface area contributed by atoms with Gasteiger partial charge in [-0.05, 0) is 19.1 Å². The summed E-state index contributed by atoms with van der Waals surface area (Å²) in [7, 11) is 0. The quantitative estimate of drug-likeness (QED) is 0.754. The fraction of sp³-hybridized carbons (Fsp3) is 0.357. The molecule has 1 unspecified atom stereocenters. The standard InChI is InChI=1S/C14H15NO2/c1-8-14(2,3)11-12(17-8)9-6-4-5-7-10(9)15-13(11)16/h4-8H,1-3H3,(H,15,16). The van der Waals surface area contributed by atoms with Gasteiger partial charge < -0.3 is 9.72 Å². The summed E-state index contributed by atoms with van der Waals surface area (Å²) in [5.41, 5.74) is 1.32. The average Bonchev–Trinajstić information content (AvgIpc) is 2.51. The second-order valence-corrected chi connectivity index (χ2v) is 5.19. The Morgan fingerprint density at radius 3 is 2.76 bits per heavy atom. The number of hydrogen-bond acceptors (Lipinski definition) is 2. The summed E-state index contributed by atoms with van der Waals surface area (Å²) in [4.78, 5) is 15.1. The molecule has 0 bridgehead atoms. The molecule has 3 heteroatoms. The topological polar surface area (TPSA) is 42.1 Å². The van der Waals surface area contributed by atoms with E-state index in [0.29, 0.717) is 0 Å². The maximum Gasteiger partial charge on any atom is 0.256 e. The predicted molar refractivity (Wildman–Crippen MR) is 67.7 cm³/mol. The fourth-order valence-electron chi connectivity index (χ4n) is 2.45. The first-order valence-electron chi connectivity index (χ1n) is 5.84. The lowest BCUT2D eigenvalue weighted by molar-refractivity contribution is 0.187. The number of ether oxygens (including phenoxy) is 1. The van der Waals surface area contributed by atoms with Gasteiger partial charge >= 0.3 is 0 Å². The van der Waals surface area contributed by atoms with Gasteiger partial charge in [0.05, 0.1) is 11.1 Å². The van der Waals surface area contributed by atoms with Crippen molar-refractivity contribution in [1.29, 1.82) is 0 Å². The minimum atomic E-state index is -0.243. The lowest BCUT2D eigenvalue weighted by atomic mass is 9.82. The molecule has 1 aliphatic rings. The fourth-order valence-corrected chi connectivity index (χ4v) is 2.45. The number of para-hydroxylation sites is 1. The number of hydrogen-bond donors (Lipinski definition) is 1. The van der Waals surface area contributed by atoms with Crippen molar-refractivity contribution < 1.29 is 4.74 Å². The smallest absolute Gasteiger partial charge is 0.256 e. The van der Waals surface area contributed by atoms with E-state index < -0.39 is 0 Å². The maximum atomic E-state index is 12.2. The van der Waals surface area contributed by atoms with Crippen LogP contribution in [0.2, 0.25) is 0 Å². The zero-order valence-corrected chi connectivity index (χ0v) is 10.2. The van der Waals surface area contributed by atoms with Gasteiger partial charge in [0.1, 0.15) is 11.9 Å². The molecule has 0 amide bonds. The molecule has 2 heterocycles. The molecule has 1 aromatic carbocycles. The lowest BCUT2D eigenvalue weighted by Crippen LogP contribution is -2.33. The summed E-state index contributed by atoms with van der Waals surface area (Å²) < 4.78 is 5.90. The third-order valence-corrected chi connectivity index (χ3v) is 3.83. The monoisotopic (exact) mass is 229 g/mol. The van der Waals surface area contributed by atoms with Gasteiger partial charge in [-0.25, -0.2) is 0 Å². The summed E-state index contributed by atoms with van der Waals surface area (Å²) in [5.74, 6) is 0.752. The molecular formula is C14H15NO2. The van der Waals surface area contributed by atoms with E-state index in [2.05, 4.69) is 4.98 Å². The van der Waals surface area contributed by atoms with E-state index in [1.807, 2.05) is 45.0 Å². The summed E-state index contributed by atoms with van der Waals surface area (Å²) >= 11 is 0. The molecule has 3 rings (SSSR count). The van der Waals surface area contributed by atoms with Crippen molar-refractivity contribution in [2.75, 3.05) is 0 Å². The van der Waals surface area contributed by atoms with E-state index >= 15 is 0 Å². The number of aromatic nitrogens is 1. The highest BCUT2D eigenvalue weighted by Crippen LogP contribution is 2.43. The van der Waals surface area contributed by atoms with E-state index in [-0.39, 0.29) is 17.1 Å². The number of aromatic amines is 1. The van der Waals surface area contributed by atoms with Gasteiger partial charge in [-0.1, -0.05) is 26.0 Å². The predicted octanol–water partition coefficient (Wildman–Crippen LogP) is 2.59. The number of rotatable bonds is 0. The van der Waals surface area contributed by atoms with Gasteiger partial charge in [0.2, 0.25) is 0 Å². The number of fused-ring (bicyclic) bond motifs is 3. The number of H-pyrrole nitrogens is 1. The Kier molecular flexibility index (Phi) is 1.91. The van der Waals surface area contributed by atoms with E-state index in [9.17, 15) is 4.79 Å². The van der Waals surface area contributed by atoms with Crippen molar-refractivity contribution in [3.63, 3.8) is 0 Å². The molecular weight excluding hydrogens is 214 g/mol. The average molecular weight is 229 g/mol. The van der Waals surface area contributed by atoms with Crippen LogP contribution in [0.3, 0.4) is 0 Å². The number of pyridine rings is 1. The van der Waals surface area contributed by atoms with Crippen molar-refractivity contribution in [2.24, 2.45) is 0 Å². The van der Waals surface area contributed by atoms with E-state index in [1.165, 1.54) is 0 Å².